The molecule has 0 aliphatic carbocycles. The van der Waals surface area contributed by atoms with Crippen molar-refractivity contribution in [1.29, 1.82) is 0 Å². The molecule has 0 amide bonds. The van der Waals surface area contributed by atoms with Gasteiger partial charge in [0.05, 0.1) is 17.9 Å². The molecule has 0 bridgehead atoms. The summed E-state index contributed by atoms with van der Waals surface area (Å²) < 4.78 is 2.02. The molecule has 0 aliphatic heterocycles. The predicted octanol–water partition coefficient (Wildman–Crippen LogP) is 1.66. The maximum atomic E-state index is 4.56. The number of hydrogen-bond donors (Lipinski definition) is 1. The van der Waals surface area contributed by atoms with Crippen molar-refractivity contribution in [1.82, 2.24) is 20.1 Å². The first-order valence-electron chi connectivity index (χ1n) is 5.79. The monoisotopic (exact) mass is 230 g/mol. The van der Waals surface area contributed by atoms with Crippen LogP contribution in [0.4, 0.5) is 0 Å². The summed E-state index contributed by atoms with van der Waals surface area (Å²) in [6.07, 6.45) is 1.82. The van der Waals surface area contributed by atoms with Crippen LogP contribution in [0.5, 0.6) is 0 Å². The van der Waals surface area contributed by atoms with Gasteiger partial charge in [0.1, 0.15) is 0 Å². The summed E-state index contributed by atoms with van der Waals surface area (Å²) in [5, 5.41) is 7.73. The molecule has 0 saturated heterocycles. The molecule has 0 unspecified atom stereocenters. The summed E-state index contributed by atoms with van der Waals surface area (Å²) in [6.45, 7) is 5.75. The summed E-state index contributed by atoms with van der Waals surface area (Å²) in [5.41, 5.74) is 4.62. The van der Waals surface area contributed by atoms with Crippen molar-refractivity contribution in [2.24, 2.45) is 0 Å². The molecule has 2 aromatic heterocycles. The third kappa shape index (κ3) is 2.53. The van der Waals surface area contributed by atoms with Crippen LogP contribution in [0, 0.1) is 13.8 Å². The van der Waals surface area contributed by atoms with E-state index in [0.717, 1.165) is 24.5 Å². The van der Waals surface area contributed by atoms with Crippen LogP contribution in [0.25, 0.3) is 0 Å². The lowest BCUT2D eigenvalue weighted by Crippen LogP contribution is -2.08. The fraction of sp³-hybridized carbons (Fsp3) is 0.385. The van der Waals surface area contributed by atoms with Gasteiger partial charge in [0.2, 0.25) is 0 Å². The van der Waals surface area contributed by atoms with Gasteiger partial charge in [-0.05, 0) is 33.0 Å². The standard InChI is InChI=1S/C13H18N4/c1-10-13(8-14-3)11(2)17(16-10)9-12-6-4-5-7-15-12/h4-7,14H,8-9H2,1-3H3. The van der Waals surface area contributed by atoms with E-state index >= 15 is 0 Å². The van der Waals surface area contributed by atoms with Crippen molar-refractivity contribution in [3.63, 3.8) is 0 Å². The van der Waals surface area contributed by atoms with Crippen LogP contribution in [-0.2, 0) is 13.1 Å². The van der Waals surface area contributed by atoms with E-state index < -0.39 is 0 Å². The molecule has 90 valence electrons. The molecule has 2 aromatic rings. The van der Waals surface area contributed by atoms with Crippen LogP contribution in [-0.4, -0.2) is 21.8 Å². The first-order valence-corrected chi connectivity index (χ1v) is 5.79. The van der Waals surface area contributed by atoms with E-state index in [-0.39, 0.29) is 0 Å². The average Bonchev–Trinajstić information content (AvgIpc) is 2.59. The molecular weight excluding hydrogens is 212 g/mol. The number of hydrogen-bond acceptors (Lipinski definition) is 3. The van der Waals surface area contributed by atoms with Crippen molar-refractivity contribution in [3.8, 4) is 0 Å². The lowest BCUT2D eigenvalue weighted by molar-refractivity contribution is 0.645. The second-order valence-corrected chi connectivity index (χ2v) is 4.16. The average molecular weight is 230 g/mol. The summed E-state index contributed by atoms with van der Waals surface area (Å²) in [4.78, 5) is 4.32. The van der Waals surface area contributed by atoms with Gasteiger partial charge in [0, 0.05) is 24.0 Å². The van der Waals surface area contributed by atoms with Gasteiger partial charge in [-0.3, -0.25) is 9.67 Å². The van der Waals surface area contributed by atoms with Crippen LogP contribution in [0.15, 0.2) is 24.4 Å². The van der Waals surface area contributed by atoms with E-state index in [1.54, 1.807) is 0 Å². The topological polar surface area (TPSA) is 42.7 Å². The Morgan fingerprint density at radius 3 is 2.76 bits per heavy atom. The first-order chi connectivity index (χ1) is 8.22. The number of nitrogens with one attached hydrogen (secondary N) is 1. The lowest BCUT2D eigenvalue weighted by atomic mass is 10.2. The highest BCUT2D eigenvalue weighted by atomic mass is 15.3. The second-order valence-electron chi connectivity index (χ2n) is 4.16. The molecule has 2 rings (SSSR count). The zero-order valence-corrected chi connectivity index (χ0v) is 10.6. The Kier molecular flexibility index (Phi) is 3.54. The van der Waals surface area contributed by atoms with Crippen molar-refractivity contribution < 1.29 is 0 Å². The molecule has 0 radical (unpaired) electrons. The van der Waals surface area contributed by atoms with Crippen LogP contribution in [0.2, 0.25) is 0 Å². The third-order valence-electron chi connectivity index (χ3n) is 2.92. The second kappa shape index (κ2) is 5.10. The minimum Gasteiger partial charge on any atom is -0.316 e. The molecular formula is C13H18N4. The maximum Gasteiger partial charge on any atom is 0.0834 e. The minimum atomic E-state index is 0.733. The van der Waals surface area contributed by atoms with E-state index in [2.05, 4.69) is 29.2 Å². The van der Waals surface area contributed by atoms with Gasteiger partial charge in [-0.1, -0.05) is 6.07 Å². The molecule has 2 heterocycles. The SMILES string of the molecule is CNCc1c(C)nn(Cc2ccccn2)c1C. The molecule has 1 N–H and O–H groups in total. The van der Waals surface area contributed by atoms with Crippen molar-refractivity contribution in [2.45, 2.75) is 26.9 Å². The number of rotatable bonds is 4. The first kappa shape index (κ1) is 11.8. The van der Waals surface area contributed by atoms with Crippen LogP contribution in [0.1, 0.15) is 22.6 Å². The fourth-order valence-corrected chi connectivity index (χ4v) is 1.97. The zero-order valence-electron chi connectivity index (χ0n) is 10.6. The van der Waals surface area contributed by atoms with Crippen molar-refractivity contribution in [3.05, 3.63) is 47.0 Å². The molecule has 0 saturated carbocycles. The Balaban J connectivity index is 2.25. The van der Waals surface area contributed by atoms with Gasteiger partial charge in [0.15, 0.2) is 0 Å². The maximum absolute atomic E-state index is 4.56. The van der Waals surface area contributed by atoms with Gasteiger partial charge in [-0.15, -0.1) is 0 Å². The number of nitrogens with zero attached hydrogens (tertiary/aromatic N) is 3. The molecule has 17 heavy (non-hydrogen) atoms. The van der Waals surface area contributed by atoms with E-state index in [1.165, 1.54) is 11.3 Å². The molecule has 0 atom stereocenters. The van der Waals surface area contributed by atoms with Crippen molar-refractivity contribution in [2.75, 3.05) is 7.05 Å². The normalized spacial score (nSPS) is 10.8. The van der Waals surface area contributed by atoms with Gasteiger partial charge in [-0.2, -0.15) is 5.10 Å². The Labute approximate surface area is 102 Å². The van der Waals surface area contributed by atoms with Crippen LogP contribution >= 0.6 is 0 Å². The summed E-state index contributed by atoms with van der Waals surface area (Å²) in [6, 6.07) is 5.95. The van der Waals surface area contributed by atoms with Gasteiger partial charge in [0.25, 0.3) is 0 Å². The van der Waals surface area contributed by atoms with Gasteiger partial charge < -0.3 is 5.32 Å². The third-order valence-corrected chi connectivity index (χ3v) is 2.92. The molecule has 0 spiro atoms. The Bertz CT molecular complexity index is 488. The van der Waals surface area contributed by atoms with Gasteiger partial charge in [-0.25, -0.2) is 0 Å². The zero-order chi connectivity index (χ0) is 12.3. The van der Waals surface area contributed by atoms with E-state index in [0.29, 0.717) is 0 Å². The minimum absolute atomic E-state index is 0.733. The van der Waals surface area contributed by atoms with E-state index in [9.17, 15) is 0 Å². The molecule has 4 nitrogen and oxygen atoms in total. The smallest absolute Gasteiger partial charge is 0.0834 e. The molecule has 0 aromatic carbocycles. The Hall–Kier alpha value is -1.68. The molecule has 0 fully saturated rings. The highest BCUT2D eigenvalue weighted by Crippen LogP contribution is 2.13. The van der Waals surface area contributed by atoms with Crippen molar-refractivity contribution >= 4 is 0 Å². The van der Waals surface area contributed by atoms with Crippen LogP contribution < -0.4 is 5.32 Å². The largest absolute Gasteiger partial charge is 0.316 e. The molecule has 4 heteroatoms. The lowest BCUT2D eigenvalue weighted by Gasteiger charge is -2.04. The number of aromatic nitrogens is 3. The predicted molar refractivity (Wildman–Crippen MR) is 67.8 cm³/mol. The fourth-order valence-electron chi connectivity index (χ4n) is 1.97. The van der Waals surface area contributed by atoms with E-state index in [4.69, 9.17) is 0 Å². The highest BCUT2D eigenvalue weighted by molar-refractivity contribution is 5.25. The summed E-state index contributed by atoms with van der Waals surface area (Å²) in [7, 11) is 1.95. The van der Waals surface area contributed by atoms with Gasteiger partial charge >= 0.3 is 0 Å². The number of aryl methyl sites for hydroxylation is 1. The summed E-state index contributed by atoms with van der Waals surface area (Å²) in [5.74, 6) is 0. The Morgan fingerprint density at radius 2 is 2.12 bits per heavy atom. The summed E-state index contributed by atoms with van der Waals surface area (Å²) >= 11 is 0. The Morgan fingerprint density at radius 1 is 1.29 bits per heavy atom. The molecule has 0 aliphatic rings. The number of pyridine rings is 1. The quantitative estimate of drug-likeness (QED) is 0.868. The highest BCUT2D eigenvalue weighted by Gasteiger charge is 2.10. The van der Waals surface area contributed by atoms with Crippen LogP contribution in [0.3, 0.4) is 0 Å². The van der Waals surface area contributed by atoms with E-state index in [1.807, 2.05) is 36.1 Å².